The van der Waals surface area contributed by atoms with Crippen molar-refractivity contribution < 1.29 is 18.4 Å². The average molecular weight is 408 g/mol. The van der Waals surface area contributed by atoms with Gasteiger partial charge in [0.05, 0.1) is 17.2 Å². The van der Waals surface area contributed by atoms with Gasteiger partial charge in [0.2, 0.25) is 5.91 Å². The third-order valence-electron chi connectivity index (χ3n) is 5.58. The number of nitriles is 1. The lowest BCUT2D eigenvalue weighted by molar-refractivity contribution is -0.122. The summed E-state index contributed by atoms with van der Waals surface area (Å²) in [5.41, 5.74) is 1.66. The predicted octanol–water partition coefficient (Wildman–Crippen LogP) is 2.07. The summed E-state index contributed by atoms with van der Waals surface area (Å²) in [6.45, 7) is 0.112. The van der Waals surface area contributed by atoms with Gasteiger partial charge >= 0.3 is 6.03 Å². The molecule has 1 aliphatic heterocycles. The third-order valence-corrected chi connectivity index (χ3v) is 5.58. The van der Waals surface area contributed by atoms with Gasteiger partial charge in [0.15, 0.2) is 5.65 Å². The number of hydrogen-bond donors (Lipinski definition) is 2. The van der Waals surface area contributed by atoms with Crippen LogP contribution >= 0.6 is 0 Å². The number of imide groups is 1. The van der Waals surface area contributed by atoms with Gasteiger partial charge in [-0.3, -0.25) is 10.1 Å². The summed E-state index contributed by atoms with van der Waals surface area (Å²) in [4.78, 5) is 27.9. The van der Waals surface area contributed by atoms with Gasteiger partial charge in [-0.25, -0.2) is 23.1 Å². The van der Waals surface area contributed by atoms with Crippen LogP contribution in [-0.2, 0) is 4.79 Å². The second-order valence-corrected chi connectivity index (χ2v) is 7.39. The molecule has 3 heterocycles. The molecule has 5 rings (SSSR count). The Bertz CT molecular complexity index is 1260. The number of urea groups is 1. The van der Waals surface area contributed by atoms with E-state index in [4.69, 9.17) is 5.26 Å². The number of hydrogen-bond acceptors (Lipinski definition) is 5. The summed E-state index contributed by atoms with van der Waals surface area (Å²) in [6.07, 6.45) is 3.78. The van der Waals surface area contributed by atoms with Gasteiger partial charge in [-0.1, -0.05) is 0 Å². The smallest absolute Gasteiger partial charge is 0.321 e. The van der Waals surface area contributed by atoms with E-state index in [2.05, 4.69) is 20.7 Å². The lowest BCUT2D eigenvalue weighted by Gasteiger charge is -2.22. The molecule has 30 heavy (non-hydrogen) atoms. The van der Waals surface area contributed by atoms with Crippen molar-refractivity contribution >= 4 is 17.6 Å². The van der Waals surface area contributed by atoms with Crippen LogP contribution in [0.3, 0.4) is 0 Å². The number of rotatable bonds is 3. The molecule has 0 spiro atoms. The maximum absolute atomic E-state index is 14.5. The van der Waals surface area contributed by atoms with Crippen molar-refractivity contribution in [3.63, 3.8) is 0 Å². The Morgan fingerprint density at radius 2 is 1.93 bits per heavy atom. The van der Waals surface area contributed by atoms with E-state index in [9.17, 15) is 18.4 Å². The van der Waals surface area contributed by atoms with E-state index < -0.39 is 29.5 Å². The molecule has 0 radical (unpaired) electrons. The molecule has 0 bridgehead atoms. The number of nitrogens with zero attached hydrogens (tertiary/aromatic N) is 4. The fourth-order valence-electron chi connectivity index (χ4n) is 3.99. The third kappa shape index (κ3) is 2.86. The molecule has 1 aromatic carbocycles. The molecule has 150 valence electrons. The van der Waals surface area contributed by atoms with E-state index in [1.807, 2.05) is 0 Å². The topological polar surface area (TPSA) is 112 Å². The van der Waals surface area contributed by atoms with Gasteiger partial charge in [-0.05, 0) is 42.0 Å². The second kappa shape index (κ2) is 6.59. The van der Waals surface area contributed by atoms with Gasteiger partial charge in [0, 0.05) is 24.5 Å². The van der Waals surface area contributed by atoms with E-state index in [1.54, 1.807) is 29.0 Å². The molecular formula is C20H14F2N6O2. The zero-order valence-corrected chi connectivity index (χ0v) is 15.4. The van der Waals surface area contributed by atoms with Crippen molar-refractivity contribution in [3.05, 3.63) is 64.6 Å². The molecule has 2 aromatic heterocycles. The summed E-state index contributed by atoms with van der Waals surface area (Å²) in [5.74, 6) is -2.92. The first-order chi connectivity index (χ1) is 14.5. The Morgan fingerprint density at radius 3 is 2.70 bits per heavy atom. The lowest BCUT2D eigenvalue weighted by Crippen LogP contribution is -2.51. The number of amides is 3. The first kappa shape index (κ1) is 18.2. The normalized spacial score (nSPS) is 23.0. The van der Waals surface area contributed by atoms with Crippen LogP contribution in [0.15, 0.2) is 30.6 Å². The molecule has 1 unspecified atom stereocenters. The van der Waals surface area contributed by atoms with Crippen LogP contribution in [0.1, 0.15) is 46.6 Å². The largest absolute Gasteiger partial charge is 0.337 e. The van der Waals surface area contributed by atoms with Crippen LogP contribution in [-0.4, -0.2) is 33.1 Å². The summed E-state index contributed by atoms with van der Waals surface area (Å²) in [7, 11) is 0. The molecule has 10 heteroatoms. The Morgan fingerprint density at radius 1 is 1.13 bits per heavy atom. The number of carbonyl (C=O) groups excluding carboxylic acids is 2. The molecule has 2 aliphatic rings. The molecule has 8 nitrogen and oxygen atoms in total. The zero-order chi connectivity index (χ0) is 21.0. The van der Waals surface area contributed by atoms with E-state index >= 15 is 0 Å². The molecule has 3 atom stereocenters. The summed E-state index contributed by atoms with van der Waals surface area (Å²) in [5, 5.41) is 18.1. The highest BCUT2D eigenvalue weighted by molar-refractivity contribution is 6.00. The molecular weight excluding hydrogens is 394 g/mol. The number of imidazole rings is 1. The van der Waals surface area contributed by atoms with Gasteiger partial charge < -0.3 is 5.32 Å². The number of carbonyl (C=O) groups is 2. The van der Waals surface area contributed by atoms with Crippen molar-refractivity contribution in [2.24, 2.45) is 0 Å². The quantitative estimate of drug-likeness (QED) is 0.689. The van der Waals surface area contributed by atoms with Crippen LogP contribution in [0.4, 0.5) is 13.6 Å². The summed E-state index contributed by atoms with van der Waals surface area (Å²) < 4.78 is 30.0. The van der Waals surface area contributed by atoms with Crippen LogP contribution in [0.2, 0.25) is 0 Å². The first-order valence-electron chi connectivity index (χ1n) is 9.28. The Labute approximate surface area is 168 Å². The van der Waals surface area contributed by atoms with E-state index in [1.165, 1.54) is 0 Å². The second-order valence-electron chi connectivity index (χ2n) is 7.39. The number of fused-ring (bicyclic) bond motifs is 1. The number of benzene rings is 1. The monoisotopic (exact) mass is 408 g/mol. The van der Waals surface area contributed by atoms with Crippen LogP contribution < -0.4 is 10.6 Å². The Balaban J connectivity index is 1.52. The van der Waals surface area contributed by atoms with Crippen molar-refractivity contribution in [3.8, 4) is 6.07 Å². The SMILES string of the molecule is N#Cc1cc(F)c([C@H]2C[C@@H]2c2cc(C3CNC(=O)NC3=O)nn3ccnc23)cc1F. The number of nitrogens with one attached hydrogen (secondary N) is 2. The number of aromatic nitrogens is 3. The molecule has 2 N–H and O–H groups in total. The minimum absolute atomic E-state index is 0.112. The fraction of sp³-hybridized carbons (Fsp3) is 0.250. The first-order valence-corrected chi connectivity index (χ1v) is 9.28. The maximum atomic E-state index is 14.5. The summed E-state index contributed by atoms with van der Waals surface area (Å²) >= 11 is 0. The van der Waals surface area contributed by atoms with Crippen molar-refractivity contribution in [1.82, 2.24) is 25.2 Å². The Kier molecular flexibility index (Phi) is 3.99. The van der Waals surface area contributed by atoms with Gasteiger partial charge in [0.1, 0.15) is 17.7 Å². The van der Waals surface area contributed by atoms with Crippen molar-refractivity contribution in [2.75, 3.05) is 6.54 Å². The van der Waals surface area contributed by atoms with E-state index in [0.29, 0.717) is 17.8 Å². The van der Waals surface area contributed by atoms with Crippen molar-refractivity contribution in [2.45, 2.75) is 24.2 Å². The van der Waals surface area contributed by atoms with Gasteiger partial charge in [-0.2, -0.15) is 10.4 Å². The van der Waals surface area contributed by atoms with Crippen LogP contribution in [0.25, 0.3) is 5.65 Å². The van der Waals surface area contributed by atoms with E-state index in [0.717, 1.165) is 17.7 Å². The minimum Gasteiger partial charge on any atom is -0.337 e. The fourth-order valence-corrected chi connectivity index (χ4v) is 3.99. The molecule has 1 saturated carbocycles. The molecule has 1 saturated heterocycles. The molecule has 3 aromatic rings. The Hall–Kier alpha value is -3.87. The summed E-state index contributed by atoms with van der Waals surface area (Å²) in [6, 6.07) is 4.81. The maximum Gasteiger partial charge on any atom is 0.321 e. The van der Waals surface area contributed by atoms with E-state index in [-0.39, 0.29) is 29.5 Å². The molecule has 3 amide bonds. The number of halogens is 2. The highest BCUT2D eigenvalue weighted by Gasteiger charge is 2.43. The highest BCUT2D eigenvalue weighted by Crippen LogP contribution is 2.56. The highest BCUT2D eigenvalue weighted by atomic mass is 19.1. The average Bonchev–Trinajstić information content (AvgIpc) is 3.36. The van der Waals surface area contributed by atoms with Gasteiger partial charge in [0.25, 0.3) is 0 Å². The standard InChI is InChI=1S/C20H14F2N6O2/c21-15-5-12(16(22)3-9(15)7-23)10-4-11(10)13-6-17(27-28-2-1-24-18(13)28)14-8-25-20(30)26-19(14)29/h1-3,5-6,10-11,14H,4,8H2,(H2,25,26,29,30)/t10-,11-,14?/m0/s1. The van der Waals surface area contributed by atoms with Crippen molar-refractivity contribution in [1.29, 1.82) is 5.26 Å². The molecule has 1 aliphatic carbocycles. The van der Waals surface area contributed by atoms with Gasteiger partial charge in [-0.15, -0.1) is 0 Å². The van der Waals surface area contributed by atoms with Crippen LogP contribution in [0, 0.1) is 23.0 Å². The lowest BCUT2D eigenvalue weighted by atomic mass is 9.98. The minimum atomic E-state index is -0.754. The van der Waals surface area contributed by atoms with Crippen LogP contribution in [0.5, 0.6) is 0 Å². The molecule has 2 fully saturated rings. The predicted molar refractivity (Wildman–Crippen MR) is 98.4 cm³/mol. The zero-order valence-electron chi connectivity index (χ0n) is 15.4.